The van der Waals surface area contributed by atoms with Gasteiger partial charge in [-0.25, -0.2) is 4.79 Å². The third kappa shape index (κ3) is 3.38. The fraction of sp³-hybridized carbons (Fsp3) is 0.318. The van der Waals surface area contributed by atoms with E-state index in [1.807, 2.05) is 69.3 Å². The summed E-state index contributed by atoms with van der Waals surface area (Å²) in [6, 6.07) is 14.4. The van der Waals surface area contributed by atoms with Crippen molar-refractivity contribution in [2.45, 2.75) is 33.2 Å². The maximum absolute atomic E-state index is 13.0. The topological polar surface area (TPSA) is 69.7 Å². The van der Waals surface area contributed by atoms with Crippen molar-refractivity contribution in [2.24, 2.45) is 0 Å². The average Bonchev–Trinajstić information content (AvgIpc) is 2.88. The first kappa shape index (κ1) is 19.6. The van der Waals surface area contributed by atoms with E-state index in [1.54, 1.807) is 11.8 Å². The maximum atomic E-state index is 13.0. The van der Waals surface area contributed by atoms with Gasteiger partial charge in [-0.1, -0.05) is 48.0 Å². The standard InChI is InChI=1S/C22H25N3O3/c1-5-24(18-9-7-6-8-16(18)3)19(26)14-25-20(27)22(4,23-21(25)28)17-12-10-15(2)11-13-17/h6-13H,5,14H2,1-4H3,(H,23,28). The number of nitrogens with one attached hydrogen (secondary N) is 1. The lowest BCUT2D eigenvalue weighted by atomic mass is 9.91. The molecule has 3 rings (SSSR count). The van der Waals surface area contributed by atoms with Crippen molar-refractivity contribution in [3.63, 3.8) is 0 Å². The molecule has 1 atom stereocenters. The molecule has 1 aliphatic rings. The summed E-state index contributed by atoms with van der Waals surface area (Å²) in [5, 5.41) is 2.75. The van der Waals surface area contributed by atoms with Gasteiger partial charge in [0.1, 0.15) is 12.1 Å². The number of hydrogen-bond donors (Lipinski definition) is 1. The first-order chi connectivity index (χ1) is 13.3. The lowest BCUT2D eigenvalue weighted by molar-refractivity contribution is -0.134. The van der Waals surface area contributed by atoms with Crippen molar-refractivity contribution in [3.05, 3.63) is 65.2 Å². The molecule has 6 nitrogen and oxygen atoms in total. The molecule has 1 aliphatic heterocycles. The zero-order valence-electron chi connectivity index (χ0n) is 16.7. The second-order valence-electron chi connectivity index (χ2n) is 7.24. The highest BCUT2D eigenvalue weighted by Gasteiger charge is 2.49. The molecule has 6 heteroatoms. The van der Waals surface area contributed by atoms with Gasteiger partial charge in [0.2, 0.25) is 5.91 Å². The van der Waals surface area contributed by atoms with E-state index in [1.165, 1.54) is 0 Å². The van der Waals surface area contributed by atoms with Gasteiger partial charge in [0.25, 0.3) is 5.91 Å². The predicted molar refractivity (Wildman–Crippen MR) is 108 cm³/mol. The highest BCUT2D eigenvalue weighted by molar-refractivity contribution is 6.10. The van der Waals surface area contributed by atoms with E-state index in [0.29, 0.717) is 12.1 Å². The van der Waals surface area contributed by atoms with Gasteiger partial charge in [-0.15, -0.1) is 0 Å². The minimum atomic E-state index is -1.18. The largest absolute Gasteiger partial charge is 0.325 e. The molecular formula is C22H25N3O3. The molecule has 0 radical (unpaired) electrons. The Morgan fingerprint density at radius 3 is 2.32 bits per heavy atom. The quantitative estimate of drug-likeness (QED) is 0.812. The van der Waals surface area contributed by atoms with Crippen LogP contribution < -0.4 is 10.2 Å². The van der Waals surface area contributed by atoms with Crippen LogP contribution in [0.15, 0.2) is 48.5 Å². The number of carbonyl (C=O) groups is 3. The Morgan fingerprint density at radius 2 is 1.71 bits per heavy atom. The number of amides is 4. The Bertz CT molecular complexity index is 923. The highest BCUT2D eigenvalue weighted by Crippen LogP contribution is 2.29. The number of aryl methyl sites for hydroxylation is 2. The molecular weight excluding hydrogens is 354 g/mol. The normalized spacial score (nSPS) is 18.9. The van der Waals surface area contributed by atoms with Crippen LogP contribution in [0.1, 0.15) is 30.5 Å². The van der Waals surface area contributed by atoms with Crippen molar-refractivity contribution in [1.82, 2.24) is 10.2 Å². The average molecular weight is 379 g/mol. The SMILES string of the molecule is CCN(C(=O)CN1C(=O)NC(C)(c2ccc(C)cc2)C1=O)c1ccccc1C. The molecule has 0 aliphatic carbocycles. The molecule has 1 fully saturated rings. The molecule has 1 heterocycles. The van der Waals surface area contributed by atoms with Gasteiger partial charge in [-0.3, -0.25) is 14.5 Å². The fourth-order valence-corrected chi connectivity index (χ4v) is 3.49. The summed E-state index contributed by atoms with van der Waals surface area (Å²) in [7, 11) is 0. The maximum Gasteiger partial charge on any atom is 0.325 e. The third-order valence-electron chi connectivity index (χ3n) is 5.22. The van der Waals surface area contributed by atoms with E-state index >= 15 is 0 Å². The van der Waals surface area contributed by atoms with Gasteiger partial charge in [0, 0.05) is 12.2 Å². The summed E-state index contributed by atoms with van der Waals surface area (Å²) in [5.41, 5.74) is 2.32. The number of urea groups is 1. The van der Waals surface area contributed by atoms with Crippen LogP contribution >= 0.6 is 0 Å². The molecule has 0 aromatic heterocycles. The summed E-state index contributed by atoms with van der Waals surface area (Å²) >= 11 is 0. The number of imide groups is 1. The second kappa shape index (κ2) is 7.46. The molecule has 2 aromatic rings. The molecule has 1 saturated heterocycles. The van der Waals surface area contributed by atoms with Crippen LogP contribution in [0.2, 0.25) is 0 Å². The van der Waals surface area contributed by atoms with Crippen molar-refractivity contribution in [3.8, 4) is 0 Å². The van der Waals surface area contributed by atoms with Gasteiger partial charge >= 0.3 is 6.03 Å². The van der Waals surface area contributed by atoms with Gasteiger partial charge in [0.05, 0.1) is 0 Å². The number of carbonyl (C=O) groups excluding carboxylic acids is 3. The van der Waals surface area contributed by atoms with Crippen molar-refractivity contribution in [1.29, 1.82) is 0 Å². The summed E-state index contributed by atoms with van der Waals surface area (Å²) < 4.78 is 0. The Kier molecular flexibility index (Phi) is 5.23. The summed E-state index contributed by atoms with van der Waals surface area (Å²) in [6.45, 7) is 7.56. The Hall–Kier alpha value is -3.15. The van der Waals surface area contributed by atoms with Crippen LogP contribution in [-0.4, -0.2) is 35.8 Å². The van der Waals surface area contributed by atoms with Gasteiger partial charge in [0.15, 0.2) is 0 Å². The number of para-hydroxylation sites is 1. The summed E-state index contributed by atoms with van der Waals surface area (Å²) in [6.07, 6.45) is 0. The van der Waals surface area contributed by atoms with E-state index in [0.717, 1.165) is 21.7 Å². The molecule has 0 saturated carbocycles. The Morgan fingerprint density at radius 1 is 1.07 bits per heavy atom. The van der Waals surface area contributed by atoms with E-state index < -0.39 is 17.5 Å². The first-order valence-electron chi connectivity index (χ1n) is 9.35. The van der Waals surface area contributed by atoms with Crippen LogP contribution in [0.3, 0.4) is 0 Å². The first-order valence-corrected chi connectivity index (χ1v) is 9.35. The Balaban J connectivity index is 1.83. The van der Waals surface area contributed by atoms with E-state index in [2.05, 4.69) is 5.32 Å². The van der Waals surface area contributed by atoms with Gasteiger partial charge in [-0.2, -0.15) is 0 Å². The Labute approximate surface area is 165 Å². The molecule has 2 aromatic carbocycles. The molecule has 4 amide bonds. The molecule has 1 unspecified atom stereocenters. The zero-order valence-corrected chi connectivity index (χ0v) is 16.7. The van der Waals surface area contributed by atoms with Crippen LogP contribution in [0.5, 0.6) is 0 Å². The van der Waals surface area contributed by atoms with E-state index in [4.69, 9.17) is 0 Å². The fourth-order valence-electron chi connectivity index (χ4n) is 3.49. The summed E-state index contributed by atoms with van der Waals surface area (Å²) in [5.74, 6) is -0.719. The number of anilines is 1. The van der Waals surface area contributed by atoms with Crippen LogP contribution in [0.25, 0.3) is 0 Å². The number of likely N-dealkylation sites (N-methyl/N-ethyl adjacent to an activating group) is 1. The van der Waals surface area contributed by atoms with Crippen molar-refractivity contribution >= 4 is 23.5 Å². The minimum absolute atomic E-state index is 0.297. The molecule has 0 spiro atoms. The van der Waals surface area contributed by atoms with Crippen LogP contribution in [0, 0.1) is 13.8 Å². The van der Waals surface area contributed by atoms with E-state index in [-0.39, 0.29) is 12.5 Å². The van der Waals surface area contributed by atoms with Gasteiger partial charge in [-0.05, 0) is 44.9 Å². The molecule has 0 bridgehead atoms. The number of hydrogen-bond acceptors (Lipinski definition) is 3. The lowest BCUT2D eigenvalue weighted by Crippen LogP contribution is -2.44. The van der Waals surface area contributed by atoms with Crippen molar-refractivity contribution < 1.29 is 14.4 Å². The lowest BCUT2D eigenvalue weighted by Gasteiger charge is -2.25. The number of benzene rings is 2. The second-order valence-corrected chi connectivity index (χ2v) is 7.24. The monoisotopic (exact) mass is 379 g/mol. The van der Waals surface area contributed by atoms with E-state index in [9.17, 15) is 14.4 Å². The smallest absolute Gasteiger partial charge is 0.319 e. The molecule has 1 N–H and O–H groups in total. The van der Waals surface area contributed by atoms with Crippen molar-refractivity contribution in [2.75, 3.05) is 18.0 Å². The predicted octanol–water partition coefficient (Wildman–Crippen LogP) is 3.12. The third-order valence-corrected chi connectivity index (χ3v) is 5.22. The van der Waals surface area contributed by atoms with Crippen LogP contribution in [0.4, 0.5) is 10.5 Å². The summed E-state index contributed by atoms with van der Waals surface area (Å²) in [4.78, 5) is 41.1. The molecule has 146 valence electrons. The van der Waals surface area contributed by atoms with Crippen LogP contribution in [-0.2, 0) is 15.1 Å². The highest BCUT2D eigenvalue weighted by atomic mass is 16.2. The number of nitrogens with zero attached hydrogens (tertiary/aromatic N) is 2. The van der Waals surface area contributed by atoms with Gasteiger partial charge < -0.3 is 10.2 Å². The molecule has 28 heavy (non-hydrogen) atoms. The minimum Gasteiger partial charge on any atom is -0.319 e. The zero-order chi connectivity index (χ0) is 20.5. The number of rotatable bonds is 5.